The standard InChI is InChI=1S/C12H14F3NO4S/c1-20-11(17)7-4-8-21(18,19)16-10-6-3-2-5-9(10)12(13,14)15/h2-3,5-6,16H,4,7-8H2,1H3. The van der Waals surface area contributed by atoms with Crippen LogP contribution in [0.4, 0.5) is 18.9 Å². The Morgan fingerprint density at radius 3 is 2.48 bits per heavy atom. The highest BCUT2D eigenvalue weighted by atomic mass is 32.2. The number of benzene rings is 1. The number of anilines is 1. The summed E-state index contributed by atoms with van der Waals surface area (Å²) < 4.78 is 67.9. The van der Waals surface area contributed by atoms with Crippen molar-refractivity contribution in [2.24, 2.45) is 0 Å². The number of carbonyl (C=O) groups is 1. The Labute approximate surface area is 120 Å². The monoisotopic (exact) mass is 325 g/mol. The van der Waals surface area contributed by atoms with E-state index in [0.29, 0.717) is 0 Å². The van der Waals surface area contributed by atoms with Gasteiger partial charge in [0, 0.05) is 6.42 Å². The average Bonchev–Trinajstić information content (AvgIpc) is 2.37. The summed E-state index contributed by atoms with van der Waals surface area (Å²) in [6, 6.07) is 4.27. The van der Waals surface area contributed by atoms with Crippen LogP contribution in [0, 0.1) is 0 Å². The molecule has 0 spiro atoms. The molecule has 21 heavy (non-hydrogen) atoms. The molecule has 0 atom stereocenters. The van der Waals surface area contributed by atoms with Gasteiger partial charge >= 0.3 is 12.1 Å². The van der Waals surface area contributed by atoms with Gasteiger partial charge in [0.05, 0.1) is 24.1 Å². The van der Waals surface area contributed by atoms with Crippen LogP contribution in [-0.2, 0) is 25.7 Å². The molecule has 0 aromatic heterocycles. The van der Waals surface area contributed by atoms with Crippen LogP contribution in [0.1, 0.15) is 18.4 Å². The van der Waals surface area contributed by atoms with Crippen molar-refractivity contribution in [1.82, 2.24) is 0 Å². The molecule has 0 bridgehead atoms. The first kappa shape index (κ1) is 17.3. The molecule has 0 unspecified atom stereocenters. The fourth-order valence-corrected chi connectivity index (χ4v) is 2.69. The Morgan fingerprint density at radius 1 is 1.29 bits per heavy atom. The van der Waals surface area contributed by atoms with E-state index in [1.165, 1.54) is 6.07 Å². The number of alkyl halides is 3. The van der Waals surface area contributed by atoms with Crippen LogP contribution in [0.3, 0.4) is 0 Å². The zero-order valence-electron chi connectivity index (χ0n) is 11.1. The molecule has 1 N–H and O–H groups in total. The largest absolute Gasteiger partial charge is 0.469 e. The van der Waals surface area contributed by atoms with Crippen molar-refractivity contribution in [2.45, 2.75) is 19.0 Å². The Kier molecular flexibility index (Phi) is 5.59. The van der Waals surface area contributed by atoms with Gasteiger partial charge in [-0.25, -0.2) is 8.42 Å². The first-order valence-corrected chi connectivity index (χ1v) is 7.54. The number of hydrogen-bond acceptors (Lipinski definition) is 4. The van der Waals surface area contributed by atoms with Crippen LogP contribution < -0.4 is 4.72 Å². The Morgan fingerprint density at radius 2 is 1.90 bits per heavy atom. The Hall–Kier alpha value is -1.77. The minimum absolute atomic E-state index is 0.0454. The second kappa shape index (κ2) is 6.79. The summed E-state index contributed by atoms with van der Waals surface area (Å²) in [7, 11) is -2.82. The summed E-state index contributed by atoms with van der Waals surface area (Å²) in [6.07, 6.45) is -4.83. The normalized spacial score (nSPS) is 12.0. The minimum atomic E-state index is -4.66. The zero-order valence-corrected chi connectivity index (χ0v) is 11.9. The maximum absolute atomic E-state index is 12.7. The number of carbonyl (C=O) groups excluding carboxylic acids is 1. The smallest absolute Gasteiger partial charge is 0.418 e. The first-order chi connectivity index (χ1) is 9.65. The lowest BCUT2D eigenvalue weighted by Gasteiger charge is -2.14. The first-order valence-electron chi connectivity index (χ1n) is 5.89. The van der Waals surface area contributed by atoms with Gasteiger partial charge in [-0.2, -0.15) is 13.2 Å². The lowest BCUT2D eigenvalue weighted by molar-refractivity contribution is -0.140. The van der Waals surface area contributed by atoms with Crippen LogP contribution in [0.15, 0.2) is 24.3 Å². The fourth-order valence-electron chi connectivity index (χ4n) is 1.55. The van der Waals surface area contributed by atoms with Gasteiger partial charge in [0.1, 0.15) is 0 Å². The third-order valence-corrected chi connectivity index (χ3v) is 3.88. The van der Waals surface area contributed by atoms with Crippen LogP contribution in [0.5, 0.6) is 0 Å². The van der Waals surface area contributed by atoms with Gasteiger partial charge in [0.15, 0.2) is 0 Å². The van der Waals surface area contributed by atoms with Crippen molar-refractivity contribution in [3.05, 3.63) is 29.8 Å². The fraction of sp³-hybridized carbons (Fsp3) is 0.417. The highest BCUT2D eigenvalue weighted by Crippen LogP contribution is 2.34. The molecule has 0 amide bonds. The lowest BCUT2D eigenvalue weighted by Crippen LogP contribution is -2.20. The van der Waals surface area contributed by atoms with Gasteiger partial charge in [-0.3, -0.25) is 9.52 Å². The molecule has 0 aliphatic heterocycles. The predicted octanol–water partition coefficient (Wildman–Crippen LogP) is 2.40. The number of hydrogen-bond donors (Lipinski definition) is 1. The molecule has 0 fully saturated rings. The molecule has 0 saturated carbocycles. The Bertz CT molecular complexity index is 599. The maximum atomic E-state index is 12.7. The summed E-state index contributed by atoms with van der Waals surface area (Å²) in [4.78, 5) is 10.9. The number of rotatable bonds is 6. The van der Waals surface area contributed by atoms with Crippen LogP contribution in [0.2, 0.25) is 0 Å². The predicted molar refractivity (Wildman–Crippen MR) is 70.1 cm³/mol. The summed E-state index contributed by atoms with van der Waals surface area (Å²) in [5, 5.41) is 0. The van der Waals surface area contributed by atoms with E-state index < -0.39 is 39.2 Å². The Balaban J connectivity index is 2.79. The number of sulfonamides is 1. The molecule has 0 aliphatic carbocycles. The number of para-hydroxylation sites is 1. The molecule has 1 aromatic carbocycles. The molecule has 0 radical (unpaired) electrons. The lowest BCUT2D eigenvalue weighted by atomic mass is 10.2. The number of esters is 1. The molecule has 9 heteroatoms. The molecular weight excluding hydrogens is 311 g/mol. The second-order valence-corrected chi connectivity index (χ2v) is 5.99. The number of nitrogens with one attached hydrogen (secondary N) is 1. The van der Waals surface area contributed by atoms with Crippen molar-refractivity contribution < 1.29 is 31.1 Å². The van der Waals surface area contributed by atoms with E-state index in [2.05, 4.69) is 4.74 Å². The minimum Gasteiger partial charge on any atom is -0.469 e. The van der Waals surface area contributed by atoms with E-state index in [9.17, 15) is 26.4 Å². The highest BCUT2D eigenvalue weighted by Gasteiger charge is 2.34. The summed E-state index contributed by atoms with van der Waals surface area (Å²) in [5.74, 6) is -1.06. The molecule has 0 heterocycles. The van der Waals surface area contributed by atoms with Crippen molar-refractivity contribution in [1.29, 1.82) is 0 Å². The second-order valence-electron chi connectivity index (χ2n) is 4.14. The van der Waals surface area contributed by atoms with Gasteiger partial charge in [0.25, 0.3) is 0 Å². The van der Waals surface area contributed by atoms with Crippen LogP contribution in [0.25, 0.3) is 0 Å². The maximum Gasteiger partial charge on any atom is 0.418 e. The van der Waals surface area contributed by atoms with E-state index in [-0.39, 0.29) is 12.8 Å². The molecule has 0 aliphatic rings. The van der Waals surface area contributed by atoms with E-state index in [4.69, 9.17) is 0 Å². The molecule has 1 aromatic rings. The van der Waals surface area contributed by atoms with E-state index in [0.717, 1.165) is 25.3 Å². The van der Waals surface area contributed by atoms with Crippen molar-refractivity contribution in [2.75, 3.05) is 17.6 Å². The van der Waals surface area contributed by atoms with Crippen molar-refractivity contribution >= 4 is 21.7 Å². The van der Waals surface area contributed by atoms with Gasteiger partial charge < -0.3 is 4.74 Å². The molecule has 118 valence electrons. The number of ether oxygens (including phenoxy) is 1. The topological polar surface area (TPSA) is 72.5 Å². The van der Waals surface area contributed by atoms with Crippen LogP contribution >= 0.6 is 0 Å². The van der Waals surface area contributed by atoms with Crippen LogP contribution in [-0.4, -0.2) is 27.2 Å². The van der Waals surface area contributed by atoms with Crippen molar-refractivity contribution in [3.63, 3.8) is 0 Å². The third kappa shape index (κ3) is 5.62. The molecule has 5 nitrogen and oxygen atoms in total. The highest BCUT2D eigenvalue weighted by molar-refractivity contribution is 7.92. The van der Waals surface area contributed by atoms with Gasteiger partial charge in [-0.15, -0.1) is 0 Å². The number of halogens is 3. The summed E-state index contributed by atoms with van der Waals surface area (Å²) >= 11 is 0. The van der Waals surface area contributed by atoms with E-state index >= 15 is 0 Å². The molecule has 0 saturated heterocycles. The van der Waals surface area contributed by atoms with E-state index in [1.807, 2.05) is 4.72 Å². The molecule has 1 rings (SSSR count). The average molecular weight is 325 g/mol. The number of methoxy groups -OCH3 is 1. The zero-order chi connectivity index (χ0) is 16.1. The summed E-state index contributed by atoms with van der Waals surface area (Å²) in [6.45, 7) is 0. The SMILES string of the molecule is COC(=O)CCCS(=O)(=O)Nc1ccccc1C(F)(F)F. The quantitative estimate of drug-likeness (QED) is 0.815. The van der Waals surface area contributed by atoms with Gasteiger partial charge in [-0.1, -0.05) is 12.1 Å². The van der Waals surface area contributed by atoms with Gasteiger partial charge in [0.2, 0.25) is 10.0 Å². The molecular formula is C12H14F3NO4S. The summed E-state index contributed by atoms with van der Waals surface area (Å²) in [5.41, 5.74) is -1.61. The third-order valence-electron chi connectivity index (χ3n) is 2.52. The van der Waals surface area contributed by atoms with Crippen molar-refractivity contribution in [3.8, 4) is 0 Å². The van der Waals surface area contributed by atoms with Gasteiger partial charge in [-0.05, 0) is 18.6 Å². The van der Waals surface area contributed by atoms with E-state index in [1.54, 1.807) is 0 Å².